The zero-order valence-corrected chi connectivity index (χ0v) is 7.16. The Labute approximate surface area is 71.3 Å². The molecule has 0 unspecified atom stereocenters. The van der Waals surface area contributed by atoms with Crippen molar-refractivity contribution in [1.82, 2.24) is 0 Å². The Bertz CT molecular complexity index is 266. The fourth-order valence-corrected chi connectivity index (χ4v) is 0.897. The molecule has 1 aromatic rings. The van der Waals surface area contributed by atoms with Crippen molar-refractivity contribution in [2.75, 3.05) is 12.1 Å². The number of hydrogen-bond donors (Lipinski definition) is 0. The van der Waals surface area contributed by atoms with E-state index in [0.717, 1.165) is 5.69 Å². The van der Waals surface area contributed by atoms with E-state index in [-0.39, 0.29) is 5.82 Å². The van der Waals surface area contributed by atoms with Crippen LogP contribution in [-0.2, 0) is 0 Å². The summed E-state index contributed by atoms with van der Waals surface area (Å²) in [7, 11) is 1.81. The maximum Gasteiger partial charge on any atom is 0.123 e. The molecule has 0 fully saturated rings. The summed E-state index contributed by atoms with van der Waals surface area (Å²) < 4.78 is 12.5. The van der Waals surface area contributed by atoms with Gasteiger partial charge in [0.15, 0.2) is 0 Å². The van der Waals surface area contributed by atoms with E-state index in [0.29, 0.717) is 0 Å². The summed E-state index contributed by atoms with van der Waals surface area (Å²) in [4.78, 5) is 0. The van der Waals surface area contributed by atoms with Crippen LogP contribution in [0.5, 0.6) is 0 Å². The summed E-state index contributed by atoms with van der Waals surface area (Å²) >= 11 is 0. The summed E-state index contributed by atoms with van der Waals surface area (Å²) in [5.74, 6) is -0.229. The molecule has 0 aliphatic rings. The van der Waals surface area contributed by atoms with Gasteiger partial charge in [-0.3, -0.25) is 5.01 Å². The van der Waals surface area contributed by atoms with E-state index in [9.17, 15) is 4.39 Å². The predicted molar refractivity (Wildman–Crippen MR) is 49.0 cm³/mol. The third kappa shape index (κ3) is 2.05. The zero-order valence-electron chi connectivity index (χ0n) is 7.16. The summed E-state index contributed by atoms with van der Waals surface area (Å²) in [6, 6.07) is 6.19. The maximum atomic E-state index is 12.5. The maximum absolute atomic E-state index is 12.5. The normalized spacial score (nSPS) is 10.6. The molecule has 1 rings (SSSR count). The average Bonchev–Trinajstić information content (AvgIpc) is 2.06. The molecular formula is C9H11FN2. The van der Waals surface area contributed by atoms with Crippen molar-refractivity contribution in [2.45, 2.75) is 6.92 Å². The summed E-state index contributed by atoms with van der Waals surface area (Å²) in [5.41, 5.74) is 0.870. The topological polar surface area (TPSA) is 15.6 Å². The van der Waals surface area contributed by atoms with Crippen LogP contribution in [0.1, 0.15) is 6.92 Å². The standard InChI is InChI=1S/C9H11FN2/c1-3-11-12(2)9-6-4-8(10)5-7-9/h3-7H,1-2H3. The van der Waals surface area contributed by atoms with Crippen molar-refractivity contribution >= 4 is 11.9 Å². The highest BCUT2D eigenvalue weighted by atomic mass is 19.1. The molecule has 0 saturated heterocycles. The Morgan fingerprint density at radius 1 is 1.33 bits per heavy atom. The second kappa shape index (κ2) is 3.85. The summed E-state index contributed by atoms with van der Waals surface area (Å²) in [5, 5.41) is 5.69. The van der Waals surface area contributed by atoms with E-state index in [1.165, 1.54) is 12.1 Å². The van der Waals surface area contributed by atoms with Gasteiger partial charge in [0.1, 0.15) is 5.82 Å². The van der Waals surface area contributed by atoms with Gasteiger partial charge in [-0.25, -0.2) is 4.39 Å². The van der Waals surface area contributed by atoms with Gasteiger partial charge in [0.05, 0.1) is 5.69 Å². The quantitative estimate of drug-likeness (QED) is 0.486. The van der Waals surface area contributed by atoms with Crippen LogP contribution in [0.4, 0.5) is 10.1 Å². The van der Waals surface area contributed by atoms with E-state index >= 15 is 0 Å². The molecule has 0 aliphatic carbocycles. The number of hydrazone groups is 1. The molecule has 0 aromatic heterocycles. The predicted octanol–water partition coefficient (Wildman–Crippen LogP) is 2.27. The highest BCUT2D eigenvalue weighted by Gasteiger charge is 1.96. The Balaban J connectivity index is 2.82. The van der Waals surface area contributed by atoms with E-state index in [4.69, 9.17) is 0 Å². The molecule has 12 heavy (non-hydrogen) atoms. The van der Waals surface area contributed by atoms with Crippen LogP contribution in [0.3, 0.4) is 0 Å². The Morgan fingerprint density at radius 3 is 2.42 bits per heavy atom. The first-order chi connectivity index (χ1) is 5.74. The van der Waals surface area contributed by atoms with Crippen LogP contribution < -0.4 is 5.01 Å². The summed E-state index contributed by atoms with van der Waals surface area (Å²) in [6.45, 7) is 1.83. The number of nitrogens with zero attached hydrogens (tertiary/aromatic N) is 2. The van der Waals surface area contributed by atoms with Crippen LogP contribution in [0.15, 0.2) is 29.4 Å². The minimum atomic E-state index is -0.229. The molecule has 0 atom stereocenters. The first-order valence-corrected chi connectivity index (χ1v) is 3.72. The van der Waals surface area contributed by atoms with E-state index in [1.54, 1.807) is 23.4 Å². The lowest BCUT2D eigenvalue weighted by atomic mass is 10.3. The Morgan fingerprint density at radius 2 is 1.92 bits per heavy atom. The Kier molecular flexibility index (Phi) is 2.80. The van der Waals surface area contributed by atoms with Gasteiger partial charge in [-0.15, -0.1) is 0 Å². The first-order valence-electron chi connectivity index (χ1n) is 3.72. The lowest BCUT2D eigenvalue weighted by molar-refractivity contribution is 0.627. The SMILES string of the molecule is CC=NN(C)c1ccc(F)cc1. The second-order valence-electron chi connectivity index (χ2n) is 2.37. The molecule has 1 aromatic carbocycles. The van der Waals surface area contributed by atoms with Gasteiger partial charge < -0.3 is 0 Å². The lowest BCUT2D eigenvalue weighted by Gasteiger charge is -2.11. The zero-order chi connectivity index (χ0) is 8.97. The number of anilines is 1. The molecule has 3 heteroatoms. The third-order valence-electron chi connectivity index (χ3n) is 1.49. The Hall–Kier alpha value is -1.38. The van der Waals surface area contributed by atoms with Gasteiger partial charge in [0.25, 0.3) is 0 Å². The van der Waals surface area contributed by atoms with Crippen LogP contribution >= 0.6 is 0 Å². The molecule has 0 bridgehead atoms. The molecular weight excluding hydrogens is 155 g/mol. The molecule has 64 valence electrons. The smallest absolute Gasteiger partial charge is 0.123 e. The van der Waals surface area contributed by atoms with E-state index in [1.807, 2.05) is 14.0 Å². The van der Waals surface area contributed by atoms with Gasteiger partial charge in [-0.1, -0.05) is 0 Å². The molecule has 0 saturated carbocycles. The fourth-order valence-electron chi connectivity index (χ4n) is 0.897. The van der Waals surface area contributed by atoms with Gasteiger partial charge in [-0.2, -0.15) is 5.10 Å². The molecule has 0 N–H and O–H groups in total. The number of hydrogen-bond acceptors (Lipinski definition) is 2. The number of rotatable bonds is 2. The third-order valence-corrected chi connectivity index (χ3v) is 1.49. The largest absolute Gasteiger partial charge is 0.269 e. The van der Waals surface area contributed by atoms with Crippen LogP contribution in [0.2, 0.25) is 0 Å². The number of benzene rings is 1. The van der Waals surface area contributed by atoms with Crippen LogP contribution in [0.25, 0.3) is 0 Å². The molecule has 0 amide bonds. The van der Waals surface area contributed by atoms with Gasteiger partial charge in [-0.05, 0) is 31.2 Å². The van der Waals surface area contributed by atoms with Crippen molar-refractivity contribution in [2.24, 2.45) is 5.10 Å². The first kappa shape index (κ1) is 8.71. The molecule has 0 heterocycles. The van der Waals surface area contributed by atoms with Crippen molar-refractivity contribution in [1.29, 1.82) is 0 Å². The van der Waals surface area contributed by atoms with Crippen molar-refractivity contribution in [3.8, 4) is 0 Å². The minimum Gasteiger partial charge on any atom is -0.269 e. The van der Waals surface area contributed by atoms with Gasteiger partial charge in [0.2, 0.25) is 0 Å². The van der Waals surface area contributed by atoms with E-state index < -0.39 is 0 Å². The average molecular weight is 166 g/mol. The van der Waals surface area contributed by atoms with Crippen molar-refractivity contribution in [3.63, 3.8) is 0 Å². The monoisotopic (exact) mass is 166 g/mol. The van der Waals surface area contributed by atoms with Crippen molar-refractivity contribution < 1.29 is 4.39 Å². The fraction of sp³-hybridized carbons (Fsp3) is 0.222. The molecule has 0 radical (unpaired) electrons. The molecule has 0 spiro atoms. The minimum absolute atomic E-state index is 0.229. The van der Waals surface area contributed by atoms with Crippen molar-refractivity contribution in [3.05, 3.63) is 30.1 Å². The second-order valence-corrected chi connectivity index (χ2v) is 2.37. The van der Waals surface area contributed by atoms with Gasteiger partial charge >= 0.3 is 0 Å². The van der Waals surface area contributed by atoms with E-state index in [2.05, 4.69) is 5.10 Å². The lowest BCUT2D eigenvalue weighted by Crippen LogP contribution is -2.07. The van der Waals surface area contributed by atoms with Crippen LogP contribution in [0, 0.1) is 5.82 Å². The molecule has 2 nitrogen and oxygen atoms in total. The highest BCUT2D eigenvalue weighted by molar-refractivity contribution is 5.57. The summed E-state index contributed by atoms with van der Waals surface area (Å²) in [6.07, 6.45) is 1.68. The highest BCUT2D eigenvalue weighted by Crippen LogP contribution is 2.12. The van der Waals surface area contributed by atoms with Gasteiger partial charge in [0, 0.05) is 13.3 Å². The molecule has 0 aliphatic heterocycles. The number of halogens is 1. The van der Waals surface area contributed by atoms with Crippen LogP contribution in [-0.4, -0.2) is 13.3 Å².